The van der Waals surface area contributed by atoms with Crippen molar-refractivity contribution in [2.75, 3.05) is 0 Å². The fourth-order valence-corrected chi connectivity index (χ4v) is 1.00. The van der Waals surface area contributed by atoms with Crippen LogP contribution in [0.25, 0.3) is 0 Å². The summed E-state index contributed by atoms with van der Waals surface area (Å²) >= 11 is 16.2. The first-order chi connectivity index (χ1) is 6.91. The standard InChI is InChI=1S/C9H8Cl3NO2/c10-9(11,12)8(15)13-5-6-3-1-2-4-7(6)14/h1-5,8,14-15H/b13-5+. The molecular formula is C9H8Cl3NO2. The molecule has 0 aliphatic heterocycles. The van der Waals surface area contributed by atoms with Crippen LogP contribution in [0.4, 0.5) is 0 Å². The first kappa shape index (κ1) is 12.6. The molecule has 0 heterocycles. The number of hydrogen-bond donors (Lipinski definition) is 2. The molecule has 0 aliphatic carbocycles. The van der Waals surface area contributed by atoms with Crippen LogP contribution in [0.3, 0.4) is 0 Å². The summed E-state index contributed by atoms with van der Waals surface area (Å²) in [6.45, 7) is 0. The van der Waals surface area contributed by atoms with Crippen molar-refractivity contribution in [2.45, 2.75) is 10.0 Å². The molecule has 6 heteroatoms. The molecule has 0 spiro atoms. The van der Waals surface area contributed by atoms with Crippen LogP contribution >= 0.6 is 34.8 Å². The Balaban J connectivity index is 2.79. The van der Waals surface area contributed by atoms with Crippen molar-refractivity contribution in [1.29, 1.82) is 0 Å². The average molecular weight is 269 g/mol. The third kappa shape index (κ3) is 3.87. The Morgan fingerprint density at radius 3 is 2.40 bits per heavy atom. The number of benzene rings is 1. The Morgan fingerprint density at radius 1 is 1.27 bits per heavy atom. The summed E-state index contributed by atoms with van der Waals surface area (Å²) in [4.78, 5) is 3.60. The molecule has 1 aromatic rings. The van der Waals surface area contributed by atoms with Gasteiger partial charge in [0.15, 0.2) is 6.23 Å². The second-order valence-corrected chi connectivity index (χ2v) is 5.12. The molecule has 0 aliphatic rings. The molecule has 0 saturated carbocycles. The summed E-state index contributed by atoms with van der Waals surface area (Å²) in [7, 11) is 0. The maximum atomic E-state index is 9.35. The third-order valence-electron chi connectivity index (χ3n) is 1.58. The fourth-order valence-electron chi connectivity index (χ4n) is 0.832. The first-order valence-electron chi connectivity index (χ1n) is 3.97. The predicted molar refractivity (Wildman–Crippen MR) is 62.0 cm³/mol. The van der Waals surface area contributed by atoms with Crippen molar-refractivity contribution >= 4 is 41.0 Å². The van der Waals surface area contributed by atoms with Crippen molar-refractivity contribution in [2.24, 2.45) is 4.99 Å². The van der Waals surface area contributed by atoms with Gasteiger partial charge in [-0.05, 0) is 12.1 Å². The Labute approximate surface area is 102 Å². The summed E-state index contributed by atoms with van der Waals surface area (Å²) < 4.78 is -1.87. The van der Waals surface area contributed by atoms with Gasteiger partial charge in [0.25, 0.3) is 0 Å². The maximum absolute atomic E-state index is 9.35. The first-order valence-corrected chi connectivity index (χ1v) is 5.10. The fraction of sp³-hybridized carbons (Fsp3) is 0.222. The quantitative estimate of drug-likeness (QED) is 0.639. The molecule has 0 fully saturated rings. The molecular weight excluding hydrogens is 260 g/mol. The summed E-state index contributed by atoms with van der Waals surface area (Å²) in [5.74, 6) is 0.0396. The van der Waals surface area contributed by atoms with E-state index in [0.717, 1.165) is 0 Å². The number of alkyl halides is 3. The van der Waals surface area contributed by atoms with Gasteiger partial charge in [-0.15, -0.1) is 0 Å². The van der Waals surface area contributed by atoms with E-state index in [1.807, 2.05) is 0 Å². The zero-order valence-electron chi connectivity index (χ0n) is 7.44. The number of nitrogens with zero attached hydrogens (tertiary/aromatic N) is 1. The Morgan fingerprint density at radius 2 is 1.87 bits per heavy atom. The lowest BCUT2D eigenvalue weighted by Gasteiger charge is -2.13. The number of hydrogen-bond acceptors (Lipinski definition) is 3. The van der Waals surface area contributed by atoms with Crippen LogP contribution in [0.15, 0.2) is 29.3 Å². The zero-order valence-corrected chi connectivity index (χ0v) is 9.71. The highest BCUT2D eigenvalue weighted by molar-refractivity contribution is 6.68. The van der Waals surface area contributed by atoms with Gasteiger partial charge >= 0.3 is 0 Å². The van der Waals surface area contributed by atoms with Gasteiger partial charge in [-0.25, -0.2) is 0 Å². The normalized spacial score (nSPS) is 14.4. The molecule has 0 bridgehead atoms. The number of rotatable bonds is 2. The number of phenols is 1. The van der Waals surface area contributed by atoms with Crippen molar-refractivity contribution in [3.8, 4) is 5.75 Å². The number of aliphatic imine (C=N–C) groups is 1. The number of para-hydroxylation sites is 1. The van der Waals surface area contributed by atoms with E-state index in [0.29, 0.717) is 5.56 Å². The van der Waals surface area contributed by atoms with Crippen molar-refractivity contribution < 1.29 is 10.2 Å². The van der Waals surface area contributed by atoms with Crippen molar-refractivity contribution in [3.05, 3.63) is 29.8 Å². The second kappa shape index (κ2) is 5.03. The molecule has 0 aromatic heterocycles. The highest BCUT2D eigenvalue weighted by Gasteiger charge is 2.29. The van der Waals surface area contributed by atoms with Crippen LogP contribution in [0.5, 0.6) is 5.75 Å². The minimum Gasteiger partial charge on any atom is -0.507 e. The molecule has 2 N–H and O–H groups in total. The molecule has 0 radical (unpaired) electrons. The maximum Gasteiger partial charge on any atom is 0.236 e. The van der Waals surface area contributed by atoms with Crippen LogP contribution in [0, 0.1) is 0 Å². The minimum absolute atomic E-state index is 0.0396. The van der Waals surface area contributed by atoms with E-state index in [1.54, 1.807) is 18.2 Å². The van der Waals surface area contributed by atoms with E-state index >= 15 is 0 Å². The van der Waals surface area contributed by atoms with E-state index in [4.69, 9.17) is 34.8 Å². The lowest BCUT2D eigenvalue weighted by atomic mass is 10.2. The van der Waals surface area contributed by atoms with Gasteiger partial charge in [-0.3, -0.25) is 4.99 Å². The lowest BCUT2D eigenvalue weighted by molar-refractivity contribution is 0.190. The summed E-state index contributed by atoms with van der Waals surface area (Å²) in [6.07, 6.45) is -0.232. The molecule has 82 valence electrons. The van der Waals surface area contributed by atoms with Crippen LogP contribution in [-0.2, 0) is 0 Å². The zero-order chi connectivity index (χ0) is 11.5. The lowest BCUT2D eigenvalue weighted by Crippen LogP contribution is -2.22. The van der Waals surface area contributed by atoms with Gasteiger partial charge in [0.1, 0.15) is 5.75 Å². The van der Waals surface area contributed by atoms with Crippen molar-refractivity contribution in [3.63, 3.8) is 0 Å². The largest absolute Gasteiger partial charge is 0.507 e. The van der Waals surface area contributed by atoms with Crippen molar-refractivity contribution in [1.82, 2.24) is 0 Å². The molecule has 15 heavy (non-hydrogen) atoms. The van der Waals surface area contributed by atoms with Gasteiger partial charge in [0.05, 0.1) is 0 Å². The topological polar surface area (TPSA) is 52.8 Å². The third-order valence-corrected chi connectivity index (χ3v) is 2.17. The SMILES string of the molecule is Oc1ccccc1/C=N/C(O)C(Cl)(Cl)Cl. The highest BCUT2D eigenvalue weighted by Crippen LogP contribution is 2.30. The van der Waals surface area contributed by atoms with Crippen LogP contribution in [0.2, 0.25) is 0 Å². The number of aromatic hydroxyl groups is 1. The highest BCUT2D eigenvalue weighted by atomic mass is 35.6. The molecule has 1 rings (SSSR count). The van der Waals surface area contributed by atoms with Crippen LogP contribution in [0.1, 0.15) is 5.56 Å². The van der Waals surface area contributed by atoms with Gasteiger partial charge in [0.2, 0.25) is 3.79 Å². The summed E-state index contributed by atoms with van der Waals surface area (Å²) in [5, 5.41) is 18.6. The second-order valence-electron chi connectivity index (χ2n) is 2.75. The van der Waals surface area contributed by atoms with E-state index in [1.165, 1.54) is 12.3 Å². The van der Waals surface area contributed by atoms with Crippen LogP contribution < -0.4 is 0 Å². The Kier molecular flexibility index (Phi) is 4.22. The molecule has 0 saturated heterocycles. The Hall–Kier alpha value is -0.480. The Bertz CT molecular complexity index is 363. The van der Waals surface area contributed by atoms with Crippen LogP contribution in [-0.4, -0.2) is 26.4 Å². The monoisotopic (exact) mass is 267 g/mol. The summed E-state index contributed by atoms with van der Waals surface area (Å²) in [6, 6.07) is 6.48. The summed E-state index contributed by atoms with van der Waals surface area (Å²) in [5.41, 5.74) is 0.436. The smallest absolute Gasteiger partial charge is 0.236 e. The molecule has 1 aromatic carbocycles. The number of halogens is 3. The number of aliphatic hydroxyl groups excluding tert-OH is 1. The van der Waals surface area contributed by atoms with E-state index in [-0.39, 0.29) is 5.75 Å². The van der Waals surface area contributed by atoms with Gasteiger partial charge < -0.3 is 10.2 Å². The van der Waals surface area contributed by atoms with E-state index < -0.39 is 10.0 Å². The average Bonchev–Trinajstić information content (AvgIpc) is 2.14. The minimum atomic E-state index is -1.87. The van der Waals surface area contributed by atoms with Gasteiger partial charge in [-0.1, -0.05) is 46.9 Å². The van der Waals surface area contributed by atoms with Gasteiger partial charge in [-0.2, -0.15) is 0 Å². The van der Waals surface area contributed by atoms with Gasteiger partial charge in [0, 0.05) is 11.8 Å². The molecule has 1 unspecified atom stereocenters. The molecule has 3 nitrogen and oxygen atoms in total. The van der Waals surface area contributed by atoms with E-state index in [2.05, 4.69) is 4.99 Å². The number of aliphatic hydroxyl groups is 1. The predicted octanol–water partition coefficient (Wildman–Crippen LogP) is 2.50. The molecule has 1 atom stereocenters. The number of phenolic OH excluding ortho intramolecular Hbond substituents is 1. The molecule has 0 amide bonds. The van der Waals surface area contributed by atoms with E-state index in [9.17, 15) is 10.2 Å².